The van der Waals surface area contributed by atoms with E-state index in [1.54, 1.807) is 0 Å². The van der Waals surface area contributed by atoms with E-state index in [4.69, 9.17) is 13.9 Å². The second-order valence-corrected chi connectivity index (χ2v) is 15.6. The number of hydrogen-bond acceptors (Lipinski definition) is 4. The fraction of sp³-hybridized carbons (Fsp3) is 0.808. The Morgan fingerprint density at radius 3 is 2.45 bits per heavy atom. The molecule has 0 amide bonds. The summed E-state index contributed by atoms with van der Waals surface area (Å²) in [7, 11) is -0.400. The van der Waals surface area contributed by atoms with Crippen LogP contribution in [-0.2, 0) is 18.7 Å². The molecular formula is C26H42O4Si. The van der Waals surface area contributed by atoms with Crippen LogP contribution in [0.25, 0.3) is 0 Å². The van der Waals surface area contributed by atoms with Crippen LogP contribution in [0.1, 0.15) is 73.6 Å². The fourth-order valence-electron chi connectivity index (χ4n) is 7.31. The van der Waals surface area contributed by atoms with Gasteiger partial charge < -0.3 is 13.9 Å². The summed E-state index contributed by atoms with van der Waals surface area (Å²) in [5.74, 6) is 1.03. The lowest BCUT2D eigenvalue weighted by Crippen LogP contribution is -2.50. The van der Waals surface area contributed by atoms with Crippen LogP contribution in [0.5, 0.6) is 0 Å². The summed E-state index contributed by atoms with van der Waals surface area (Å²) in [4.78, 5) is 12.9. The van der Waals surface area contributed by atoms with Gasteiger partial charge in [-0.15, -0.1) is 0 Å². The van der Waals surface area contributed by atoms with Crippen LogP contribution in [-0.4, -0.2) is 38.7 Å². The number of epoxide rings is 1. The first-order chi connectivity index (χ1) is 14.7. The molecule has 0 aromatic carbocycles. The number of carbonyl (C=O) groups excluding carboxylic acids is 1. The Labute approximate surface area is 189 Å². The zero-order valence-electron chi connectivity index (χ0n) is 20.7. The van der Waals surface area contributed by atoms with Crippen molar-refractivity contribution in [1.29, 1.82) is 0 Å². The normalized spacial score (nSPS) is 39.1. The van der Waals surface area contributed by atoms with Crippen molar-refractivity contribution in [2.75, 3.05) is 7.11 Å². The smallest absolute Gasteiger partial charge is 0.337 e. The summed E-state index contributed by atoms with van der Waals surface area (Å²) in [6.07, 6.45) is 9.72. The highest BCUT2D eigenvalue weighted by Gasteiger charge is 2.75. The van der Waals surface area contributed by atoms with E-state index in [2.05, 4.69) is 53.7 Å². The number of methoxy groups -OCH3 is 1. The topological polar surface area (TPSA) is 48.1 Å². The van der Waals surface area contributed by atoms with Crippen molar-refractivity contribution in [3.8, 4) is 0 Å². The number of hydrogen-bond donors (Lipinski definition) is 0. The molecule has 0 radical (unpaired) electrons. The van der Waals surface area contributed by atoms with E-state index in [0.29, 0.717) is 11.8 Å². The number of rotatable bonds is 7. The molecule has 1 saturated heterocycles. The molecule has 1 spiro atoms. The van der Waals surface area contributed by atoms with E-state index in [1.165, 1.54) is 7.11 Å². The molecule has 0 aromatic heterocycles. The first kappa shape index (κ1) is 23.3. The molecule has 1 aliphatic heterocycles. The number of esters is 1. The van der Waals surface area contributed by atoms with E-state index in [0.717, 1.165) is 61.4 Å². The molecular weight excluding hydrogens is 404 g/mol. The number of allylic oxidation sites excluding steroid dienone is 1. The van der Waals surface area contributed by atoms with Gasteiger partial charge in [-0.3, -0.25) is 0 Å². The van der Waals surface area contributed by atoms with Crippen LogP contribution in [0.15, 0.2) is 23.3 Å². The molecule has 3 aliphatic carbocycles. The maximum Gasteiger partial charge on any atom is 0.337 e. The number of fused-ring (bicyclic) bond motifs is 1. The van der Waals surface area contributed by atoms with Gasteiger partial charge in [-0.2, -0.15) is 0 Å². The monoisotopic (exact) mass is 446 g/mol. The lowest BCUT2D eigenvalue weighted by molar-refractivity contribution is -0.136. The van der Waals surface area contributed by atoms with Gasteiger partial charge in [0.2, 0.25) is 0 Å². The van der Waals surface area contributed by atoms with Gasteiger partial charge in [0.15, 0.2) is 8.32 Å². The Hall–Kier alpha value is -0.913. The molecule has 4 aliphatic rings. The van der Waals surface area contributed by atoms with E-state index in [-0.39, 0.29) is 28.7 Å². The van der Waals surface area contributed by atoms with E-state index >= 15 is 0 Å². The van der Waals surface area contributed by atoms with Crippen LogP contribution in [0.3, 0.4) is 0 Å². The molecule has 5 atom stereocenters. The second kappa shape index (κ2) is 7.84. The SMILES string of the molecule is CC[Si](CC)(CC)O[C@@]12CCC=C(C(=O)OC)C1=C[C@]13O[C@H]1C[C@H](C(C)C)[C@@]3(C)CC2. The highest BCUT2D eigenvalue weighted by molar-refractivity contribution is 6.73. The summed E-state index contributed by atoms with van der Waals surface area (Å²) >= 11 is 0. The van der Waals surface area contributed by atoms with Crippen molar-refractivity contribution in [2.24, 2.45) is 17.3 Å². The van der Waals surface area contributed by atoms with Crippen molar-refractivity contribution in [1.82, 2.24) is 0 Å². The molecule has 1 saturated carbocycles. The van der Waals surface area contributed by atoms with Gasteiger partial charge in [0, 0.05) is 5.41 Å². The molecule has 0 aromatic rings. The quantitative estimate of drug-likeness (QED) is 0.266. The van der Waals surface area contributed by atoms with E-state index < -0.39 is 8.32 Å². The van der Waals surface area contributed by atoms with Crippen molar-refractivity contribution >= 4 is 14.3 Å². The van der Waals surface area contributed by atoms with Crippen LogP contribution in [0.4, 0.5) is 0 Å². The zero-order valence-corrected chi connectivity index (χ0v) is 21.7. The minimum atomic E-state index is -1.89. The molecule has 1 heterocycles. The summed E-state index contributed by atoms with van der Waals surface area (Å²) in [5.41, 5.74) is 1.26. The van der Waals surface area contributed by atoms with Crippen LogP contribution in [0, 0.1) is 17.3 Å². The zero-order chi connectivity index (χ0) is 22.7. The third-order valence-electron chi connectivity index (χ3n) is 9.58. The fourth-order valence-corrected chi connectivity index (χ4v) is 10.4. The largest absolute Gasteiger partial charge is 0.465 e. The Bertz CT molecular complexity index is 789. The van der Waals surface area contributed by atoms with Gasteiger partial charge in [-0.1, -0.05) is 47.6 Å². The average molecular weight is 447 g/mol. The summed E-state index contributed by atoms with van der Waals surface area (Å²) in [6.45, 7) is 14.0. The predicted molar refractivity (Wildman–Crippen MR) is 126 cm³/mol. The Kier molecular flexibility index (Phi) is 5.88. The number of carbonyl (C=O) groups is 1. The first-order valence-corrected chi connectivity index (χ1v) is 15.1. The van der Waals surface area contributed by atoms with Gasteiger partial charge in [0.1, 0.15) is 5.60 Å². The van der Waals surface area contributed by atoms with Crippen LogP contribution in [0.2, 0.25) is 18.1 Å². The van der Waals surface area contributed by atoms with Crippen molar-refractivity contribution < 1.29 is 18.7 Å². The number of ether oxygens (including phenoxy) is 2. The molecule has 4 rings (SSSR count). The Balaban J connectivity index is 1.85. The molecule has 0 unspecified atom stereocenters. The van der Waals surface area contributed by atoms with E-state index in [9.17, 15) is 4.79 Å². The Morgan fingerprint density at radius 1 is 1.19 bits per heavy atom. The minimum absolute atomic E-state index is 0.0859. The van der Waals surface area contributed by atoms with Crippen molar-refractivity contribution in [2.45, 2.75) is 109 Å². The summed E-state index contributed by atoms with van der Waals surface area (Å²) in [5, 5.41) is 0. The molecule has 5 heteroatoms. The van der Waals surface area contributed by atoms with Gasteiger partial charge in [-0.05, 0) is 73.7 Å². The highest BCUT2D eigenvalue weighted by Crippen LogP contribution is 2.70. The molecule has 174 valence electrons. The Morgan fingerprint density at radius 2 is 1.87 bits per heavy atom. The molecule has 2 fully saturated rings. The van der Waals surface area contributed by atoms with Crippen molar-refractivity contribution in [3.05, 3.63) is 23.3 Å². The standard InChI is InChI=1S/C26H42O4Si/c1-8-31(9-2,10-3)30-25-13-11-12-19(23(27)28-7)21(25)17-26-22(29-26)16-20(18(4)5)24(26,6)14-15-25/h12,17-18,20,22H,8-11,13-16H2,1-7H3/t20-,22+,24-,25-,26+/m1/s1. The molecule has 4 nitrogen and oxygen atoms in total. The highest BCUT2D eigenvalue weighted by atomic mass is 28.4. The maximum atomic E-state index is 12.9. The summed E-state index contributed by atoms with van der Waals surface area (Å²) < 4.78 is 19.1. The van der Waals surface area contributed by atoms with Gasteiger partial charge in [-0.25, -0.2) is 4.79 Å². The maximum absolute atomic E-state index is 12.9. The molecule has 0 N–H and O–H groups in total. The third kappa shape index (κ3) is 3.25. The minimum Gasteiger partial charge on any atom is -0.465 e. The lowest BCUT2D eigenvalue weighted by atomic mass is 9.66. The predicted octanol–water partition coefficient (Wildman–Crippen LogP) is 6.18. The lowest BCUT2D eigenvalue weighted by Gasteiger charge is -2.46. The van der Waals surface area contributed by atoms with Gasteiger partial charge >= 0.3 is 5.97 Å². The molecule has 0 bridgehead atoms. The third-order valence-corrected chi connectivity index (χ3v) is 14.3. The van der Waals surface area contributed by atoms with Crippen LogP contribution < -0.4 is 0 Å². The van der Waals surface area contributed by atoms with E-state index in [1.807, 2.05) is 0 Å². The molecule has 31 heavy (non-hydrogen) atoms. The van der Waals surface area contributed by atoms with Gasteiger partial charge in [0.05, 0.1) is 24.4 Å². The second-order valence-electron chi connectivity index (χ2n) is 10.9. The average Bonchev–Trinajstić information content (AvgIpc) is 3.45. The summed E-state index contributed by atoms with van der Waals surface area (Å²) in [6, 6.07) is 3.34. The first-order valence-electron chi connectivity index (χ1n) is 12.6. The van der Waals surface area contributed by atoms with Crippen LogP contribution >= 0.6 is 0 Å². The van der Waals surface area contributed by atoms with Crippen molar-refractivity contribution in [3.63, 3.8) is 0 Å². The van der Waals surface area contributed by atoms with Gasteiger partial charge in [0.25, 0.3) is 0 Å².